The van der Waals surface area contributed by atoms with Crippen molar-refractivity contribution in [2.24, 2.45) is 33.9 Å². The van der Waals surface area contributed by atoms with E-state index in [2.05, 4.69) is 23.0 Å². The van der Waals surface area contributed by atoms with Crippen LogP contribution in [0.25, 0.3) is 0 Å². The Morgan fingerprint density at radius 2 is 1.96 bits per heavy atom. The summed E-state index contributed by atoms with van der Waals surface area (Å²) in [6.45, 7) is 12.8. The summed E-state index contributed by atoms with van der Waals surface area (Å²) >= 11 is 0. The minimum absolute atomic E-state index is 0.217. The Hall–Kier alpha value is -3.72. The lowest BCUT2D eigenvalue weighted by Crippen LogP contribution is -2.51. The summed E-state index contributed by atoms with van der Waals surface area (Å²) in [5.74, 6) is 1.49. The summed E-state index contributed by atoms with van der Waals surface area (Å²) in [6.07, 6.45) is 10.5. The average molecular weight is 643 g/mol. The van der Waals surface area contributed by atoms with Crippen LogP contribution in [0.3, 0.4) is 0 Å². The van der Waals surface area contributed by atoms with Gasteiger partial charge in [-0.3, -0.25) is 9.79 Å². The van der Waals surface area contributed by atoms with Gasteiger partial charge in [-0.25, -0.2) is 9.18 Å². The second-order valence-corrected chi connectivity index (χ2v) is 15.5. The molecule has 3 N–H and O–H groups in total. The molecule has 2 saturated carbocycles. The molecule has 3 aliphatic carbocycles. The molecule has 8 nitrogen and oxygen atoms in total. The smallest absolute Gasteiger partial charge is 0.410 e. The molecule has 1 aromatic rings. The maximum absolute atomic E-state index is 14.9. The molecule has 4 fully saturated rings. The summed E-state index contributed by atoms with van der Waals surface area (Å²) in [5, 5.41) is 3.06. The van der Waals surface area contributed by atoms with Crippen molar-refractivity contribution in [1.82, 2.24) is 10.2 Å². The van der Waals surface area contributed by atoms with Crippen LogP contribution >= 0.6 is 0 Å². The number of likely N-dealkylation sites (tertiary alicyclic amines) is 1. The molecule has 0 bridgehead atoms. The minimum Gasteiger partial charge on any atom is -0.493 e. The molecule has 250 valence electrons. The average Bonchev–Trinajstić information content (AvgIpc) is 3.62. The number of hydrogen-bond acceptors (Lipinski definition) is 6. The highest BCUT2D eigenvalue weighted by molar-refractivity contribution is 5.94. The lowest BCUT2D eigenvalue weighted by molar-refractivity contribution is -0.0265. The first kappa shape index (κ1) is 31.9. The van der Waals surface area contributed by atoms with Gasteiger partial charge in [0, 0.05) is 55.4 Å². The molecule has 3 atom stereocenters. The zero-order chi connectivity index (χ0) is 33.1. The number of fused-ring (bicyclic) bond motifs is 2. The van der Waals surface area contributed by atoms with Crippen molar-refractivity contribution in [3.63, 3.8) is 0 Å². The standard InChI is InChI=1S/C38H47FN4O4/c1-22(32-28-6-12-46-34(28)33(30-18-29(30)32)25-5-9-41-31(40)17-25)13-23-14-26(16-27(39)15-23)35(44)42-21-24-19-38(20-24)7-10-43(11-8-38)36(45)47-37(2,3)4/h5,9,14-16,24,29-31H,1,6-8,10-13,17-21,40H2,2-4H3,(H,42,44). The van der Waals surface area contributed by atoms with Crippen molar-refractivity contribution in [3.05, 3.63) is 81.4 Å². The van der Waals surface area contributed by atoms with Crippen LogP contribution in [-0.4, -0.2) is 61.1 Å². The number of nitrogens with one attached hydrogen (secondary N) is 1. The summed E-state index contributed by atoms with van der Waals surface area (Å²) in [5.41, 5.74) is 12.9. The monoisotopic (exact) mass is 642 g/mol. The Bertz CT molecular complexity index is 1620. The van der Waals surface area contributed by atoms with Gasteiger partial charge < -0.3 is 25.4 Å². The third-order valence-electron chi connectivity index (χ3n) is 10.8. The Labute approximate surface area is 277 Å². The van der Waals surface area contributed by atoms with Crippen LogP contribution < -0.4 is 11.1 Å². The van der Waals surface area contributed by atoms with Gasteiger partial charge in [0.25, 0.3) is 5.91 Å². The minimum atomic E-state index is -0.494. The molecule has 1 spiro atoms. The molecule has 3 unspecified atom stereocenters. The number of rotatable bonds is 7. The van der Waals surface area contributed by atoms with Gasteiger partial charge >= 0.3 is 6.09 Å². The van der Waals surface area contributed by atoms with E-state index in [1.165, 1.54) is 34.4 Å². The zero-order valence-corrected chi connectivity index (χ0v) is 27.9. The van der Waals surface area contributed by atoms with Crippen LogP contribution in [0.5, 0.6) is 0 Å². The third-order valence-corrected chi connectivity index (χ3v) is 10.8. The van der Waals surface area contributed by atoms with Crippen LogP contribution in [0.4, 0.5) is 9.18 Å². The number of ether oxygens (including phenoxy) is 2. The lowest BCUT2D eigenvalue weighted by Gasteiger charge is -2.52. The molecular weight excluding hydrogens is 595 g/mol. The zero-order valence-electron chi connectivity index (χ0n) is 27.9. The quantitative estimate of drug-likeness (QED) is 0.359. The SMILES string of the molecule is C=C(Cc1cc(F)cc(C(=O)NCC2CC3(CCN(C(=O)OC(C)(C)C)CC3)C2)c1)C1=C2CCOC2=C(C2=CC=NC(N)C2)C2CC12. The van der Waals surface area contributed by atoms with Crippen molar-refractivity contribution in [3.8, 4) is 0 Å². The summed E-state index contributed by atoms with van der Waals surface area (Å²) in [6, 6.07) is 4.64. The fourth-order valence-electron chi connectivity index (χ4n) is 8.60. The number of allylic oxidation sites excluding steroid dienone is 5. The van der Waals surface area contributed by atoms with E-state index < -0.39 is 11.4 Å². The number of hydrogen-bond donors (Lipinski definition) is 2. The van der Waals surface area contributed by atoms with E-state index in [4.69, 9.17) is 15.2 Å². The number of piperidine rings is 1. The van der Waals surface area contributed by atoms with E-state index >= 15 is 0 Å². The van der Waals surface area contributed by atoms with Gasteiger partial charge in [-0.15, -0.1) is 0 Å². The first-order valence-corrected chi connectivity index (χ1v) is 17.2. The number of nitrogens with zero attached hydrogens (tertiary/aromatic N) is 2. The first-order valence-electron chi connectivity index (χ1n) is 17.2. The number of benzene rings is 1. The fraction of sp³-hybridized carbons (Fsp3) is 0.553. The Morgan fingerprint density at radius 1 is 1.19 bits per heavy atom. The Morgan fingerprint density at radius 3 is 2.68 bits per heavy atom. The fourth-order valence-corrected chi connectivity index (χ4v) is 8.60. The van der Waals surface area contributed by atoms with Gasteiger partial charge in [0.2, 0.25) is 0 Å². The topological polar surface area (TPSA) is 106 Å². The molecular formula is C38H47FN4O4. The number of halogens is 1. The molecule has 6 aliphatic rings. The number of dihydropyridines is 1. The largest absolute Gasteiger partial charge is 0.493 e. The van der Waals surface area contributed by atoms with Crippen LogP contribution in [0.15, 0.2) is 69.5 Å². The molecule has 2 saturated heterocycles. The highest BCUT2D eigenvalue weighted by Crippen LogP contribution is 2.60. The number of amides is 2. The van der Waals surface area contributed by atoms with Crippen molar-refractivity contribution >= 4 is 18.2 Å². The van der Waals surface area contributed by atoms with E-state index in [1.807, 2.05) is 25.7 Å². The maximum atomic E-state index is 14.9. The van der Waals surface area contributed by atoms with E-state index in [0.717, 1.165) is 61.8 Å². The van der Waals surface area contributed by atoms with Crippen molar-refractivity contribution in [1.29, 1.82) is 0 Å². The molecule has 2 amide bonds. The van der Waals surface area contributed by atoms with Crippen molar-refractivity contribution < 1.29 is 23.5 Å². The number of nitrogens with two attached hydrogens (primary N) is 1. The molecule has 0 aromatic heterocycles. The molecule has 1 aromatic carbocycles. The van der Waals surface area contributed by atoms with Gasteiger partial charge in [0.15, 0.2) is 0 Å². The first-order chi connectivity index (χ1) is 22.4. The molecule has 3 aliphatic heterocycles. The predicted octanol–water partition coefficient (Wildman–Crippen LogP) is 6.39. The molecule has 9 heteroatoms. The second kappa shape index (κ2) is 12.1. The lowest BCUT2D eigenvalue weighted by atomic mass is 9.57. The van der Waals surface area contributed by atoms with E-state index in [9.17, 15) is 14.0 Å². The Balaban J connectivity index is 0.951. The van der Waals surface area contributed by atoms with Crippen LogP contribution in [0.2, 0.25) is 0 Å². The van der Waals surface area contributed by atoms with Crippen LogP contribution in [-0.2, 0) is 15.9 Å². The van der Waals surface area contributed by atoms with Crippen LogP contribution in [0.1, 0.15) is 81.6 Å². The summed E-state index contributed by atoms with van der Waals surface area (Å²) < 4.78 is 26.6. The number of aliphatic imine (C=N–C) groups is 1. The second-order valence-electron chi connectivity index (χ2n) is 15.5. The van der Waals surface area contributed by atoms with Gasteiger partial charge in [0.1, 0.15) is 23.3 Å². The highest BCUT2D eigenvalue weighted by atomic mass is 19.1. The maximum Gasteiger partial charge on any atom is 0.410 e. The number of carbonyl (C=O) groups excluding carboxylic acids is 2. The van der Waals surface area contributed by atoms with E-state index in [-0.39, 0.29) is 23.6 Å². The molecule has 3 heterocycles. The van der Waals surface area contributed by atoms with Crippen molar-refractivity contribution in [2.75, 3.05) is 26.2 Å². The molecule has 0 radical (unpaired) electrons. The van der Waals surface area contributed by atoms with Gasteiger partial charge in [-0.2, -0.15) is 0 Å². The van der Waals surface area contributed by atoms with Gasteiger partial charge in [0.05, 0.1) is 6.61 Å². The van der Waals surface area contributed by atoms with E-state index in [0.29, 0.717) is 56.0 Å². The molecule has 47 heavy (non-hydrogen) atoms. The normalized spacial score (nSPS) is 26.3. The summed E-state index contributed by atoms with van der Waals surface area (Å²) in [4.78, 5) is 31.7. The third kappa shape index (κ3) is 6.56. The van der Waals surface area contributed by atoms with Crippen molar-refractivity contribution in [2.45, 2.75) is 83.9 Å². The Kier molecular flexibility index (Phi) is 8.18. The predicted molar refractivity (Wildman–Crippen MR) is 179 cm³/mol. The highest BCUT2D eigenvalue weighted by Gasteiger charge is 2.51. The summed E-state index contributed by atoms with van der Waals surface area (Å²) in [7, 11) is 0. The van der Waals surface area contributed by atoms with Gasteiger partial charge in [-0.05, 0) is 129 Å². The number of carbonyl (C=O) groups is 2. The van der Waals surface area contributed by atoms with Gasteiger partial charge in [-0.1, -0.05) is 6.58 Å². The molecule has 7 rings (SSSR count). The van der Waals surface area contributed by atoms with E-state index in [1.54, 1.807) is 12.3 Å². The van der Waals surface area contributed by atoms with Crippen LogP contribution in [0, 0.1) is 29.0 Å².